The van der Waals surface area contributed by atoms with Crippen LogP contribution < -0.4 is 0 Å². The van der Waals surface area contributed by atoms with Crippen LogP contribution in [0.15, 0.2) is 24.3 Å². The molecule has 0 unspecified atom stereocenters. The van der Waals surface area contributed by atoms with Crippen molar-refractivity contribution in [3.8, 4) is 0 Å². The van der Waals surface area contributed by atoms with Crippen molar-refractivity contribution in [3.63, 3.8) is 0 Å². The fraction of sp³-hybridized carbons (Fsp3) is 0.389. The first kappa shape index (κ1) is 17.1. The molecule has 0 fully saturated rings. The van der Waals surface area contributed by atoms with Crippen molar-refractivity contribution in [2.75, 3.05) is 13.2 Å². The average Bonchev–Trinajstić information content (AvgIpc) is 2.92. The standard InChI is InChI=1S/C18H20FN3O3/c1-3-25-18(24)17-14-11-22(9-8-15(14)20-21(17)2)16(23)10-12-4-6-13(19)7-5-12/h4-7H,3,8-11H2,1-2H3. The molecule has 6 nitrogen and oxygen atoms in total. The second-order valence-corrected chi connectivity index (χ2v) is 5.99. The van der Waals surface area contributed by atoms with Crippen LogP contribution in [0, 0.1) is 5.82 Å². The monoisotopic (exact) mass is 345 g/mol. The topological polar surface area (TPSA) is 64.4 Å². The van der Waals surface area contributed by atoms with Gasteiger partial charge in [-0.05, 0) is 24.6 Å². The van der Waals surface area contributed by atoms with Crippen LogP contribution in [-0.2, 0) is 36.0 Å². The Morgan fingerprint density at radius 3 is 2.68 bits per heavy atom. The minimum atomic E-state index is -0.424. The number of nitrogens with zero attached hydrogens (tertiary/aromatic N) is 3. The van der Waals surface area contributed by atoms with Gasteiger partial charge in [0, 0.05) is 32.1 Å². The highest BCUT2D eigenvalue weighted by atomic mass is 19.1. The minimum absolute atomic E-state index is 0.0593. The smallest absolute Gasteiger partial charge is 0.356 e. The summed E-state index contributed by atoms with van der Waals surface area (Å²) in [4.78, 5) is 26.4. The average molecular weight is 345 g/mol. The summed E-state index contributed by atoms with van der Waals surface area (Å²) in [5, 5.41) is 4.38. The van der Waals surface area contributed by atoms with Crippen LogP contribution in [0.4, 0.5) is 4.39 Å². The van der Waals surface area contributed by atoms with Crippen LogP contribution in [0.1, 0.15) is 34.2 Å². The summed E-state index contributed by atoms with van der Waals surface area (Å²) < 4.78 is 19.6. The summed E-state index contributed by atoms with van der Waals surface area (Å²) in [6, 6.07) is 5.90. The Balaban J connectivity index is 1.76. The molecular formula is C18H20FN3O3. The summed E-state index contributed by atoms with van der Waals surface area (Å²) in [5.74, 6) is -0.809. The third kappa shape index (κ3) is 3.55. The lowest BCUT2D eigenvalue weighted by molar-refractivity contribution is -0.131. The number of amides is 1. The third-order valence-corrected chi connectivity index (χ3v) is 4.29. The molecule has 0 radical (unpaired) electrons. The van der Waals surface area contributed by atoms with Gasteiger partial charge in [0.2, 0.25) is 5.91 Å². The molecule has 132 valence electrons. The Hall–Kier alpha value is -2.70. The largest absolute Gasteiger partial charge is 0.461 e. The van der Waals surface area contributed by atoms with E-state index in [9.17, 15) is 14.0 Å². The third-order valence-electron chi connectivity index (χ3n) is 4.29. The highest BCUT2D eigenvalue weighted by Gasteiger charge is 2.29. The van der Waals surface area contributed by atoms with Crippen molar-refractivity contribution in [2.45, 2.75) is 26.3 Å². The molecule has 0 aliphatic carbocycles. The van der Waals surface area contributed by atoms with Gasteiger partial charge in [-0.1, -0.05) is 12.1 Å². The van der Waals surface area contributed by atoms with Crippen molar-refractivity contribution < 1.29 is 18.7 Å². The van der Waals surface area contributed by atoms with Crippen LogP contribution in [0.25, 0.3) is 0 Å². The Labute approximate surface area is 145 Å². The maximum atomic E-state index is 13.0. The van der Waals surface area contributed by atoms with Crippen molar-refractivity contribution in [2.24, 2.45) is 7.05 Å². The zero-order chi connectivity index (χ0) is 18.0. The molecule has 0 N–H and O–H groups in total. The maximum absolute atomic E-state index is 13.0. The number of benzene rings is 1. The van der Waals surface area contributed by atoms with E-state index < -0.39 is 5.97 Å². The normalized spacial score (nSPS) is 13.5. The molecule has 25 heavy (non-hydrogen) atoms. The van der Waals surface area contributed by atoms with E-state index in [1.807, 2.05) is 0 Å². The number of hydrogen-bond donors (Lipinski definition) is 0. The van der Waals surface area contributed by atoms with E-state index in [2.05, 4.69) is 5.10 Å². The summed E-state index contributed by atoms with van der Waals surface area (Å²) in [6.07, 6.45) is 0.794. The number of fused-ring (bicyclic) bond motifs is 1. The lowest BCUT2D eigenvalue weighted by Gasteiger charge is -2.27. The number of ether oxygens (including phenoxy) is 1. The van der Waals surface area contributed by atoms with Gasteiger partial charge in [0.05, 0.1) is 18.7 Å². The quantitative estimate of drug-likeness (QED) is 0.794. The van der Waals surface area contributed by atoms with Crippen LogP contribution in [0.5, 0.6) is 0 Å². The Morgan fingerprint density at radius 1 is 1.28 bits per heavy atom. The zero-order valence-electron chi connectivity index (χ0n) is 14.3. The van der Waals surface area contributed by atoms with E-state index in [-0.39, 0.29) is 24.8 Å². The van der Waals surface area contributed by atoms with Crippen molar-refractivity contribution in [1.82, 2.24) is 14.7 Å². The van der Waals surface area contributed by atoms with E-state index in [0.717, 1.165) is 16.8 Å². The molecule has 0 atom stereocenters. The molecule has 1 aromatic carbocycles. The molecule has 2 heterocycles. The van der Waals surface area contributed by atoms with Crippen LogP contribution in [0.2, 0.25) is 0 Å². The SMILES string of the molecule is CCOC(=O)c1c2c(nn1C)CCN(C(=O)Cc1ccc(F)cc1)C2. The Morgan fingerprint density at radius 2 is 2.00 bits per heavy atom. The Bertz CT molecular complexity index is 799. The molecule has 1 aromatic heterocycles. The molecule has 1 amide bonds. The molecule has 2 aromatic rings. The summed E-state index contributed by atoms with van der Waals surface area (Å²) in [5.41, 5.74) is 2.74. The molecule has 1 aliphatic rings. The highest BCUT2D eigenvalue weighted by molar-refractivity contribution is 5.90. The lowest BCUT2D eigenvalue weighted by atomic mass is 10.0. The van der Waals surface area contributed by atoms with Gasteiger partial charge in [0.25, 0.3) is 0 Å². The van der Waals surface area contributed by atoms with Gasteiger partial charge in [-0.15, -0.1) is 0 Å². The van der Waals surface area contributed by atoms with Crippen molar-refractivity contribution in [1.29, 1.82) is 0 Å². The summed E-state index contributed by atoms with van der Waals surface area (Å²) >= 11 is 0. The zero-order valence-corrected chi connectivity index (χ0v) is 14.3. The van der Waals surface area contributed by atoms with Gasteiger partial charge in [-0.3, -0.25) is 9.48 Å². The Kier molecular flexibility index (Phi) is 4.83. The number of aromatic nitrogens is 2. The van der Waals surface area contributed by atoms with Gasteiger partial charge in [-0.25, -0.2) is 9.18 Å². The molecule has 0 bridgehead atoms. The van der Waals surface area contributed by atoms with E-state index in [0.29, 0.717) is 25.2 Å². The van der Waals surface area contributed by atoms with Crippen LogP contribution in [0.3, 0.4) is 0 Å². The molecule has 3 rings (SSSR count). The summed E-state index contributed by atoms with van der Waals surface area (Å²) in [6.45, 7) is 2.91. The lowest BCUT2D eigenvalue weighted by Crippen LogP contribution is -2.37. The molecule has 1 aliphatic heterocycles. The second-order valence-electron chi connectivity index (χ2n) is 5.99. The van der Waals surface area contributed by atoms with Crippen LogP contribution >= 0.6 is 0 Å². The first-order chi connectivity index (χ1) is 12.0. The minimum Gasteiger partial charge on any atom is -0.461 e. The first-order valence-electron chi connectivity index (χ1n) is 8.23. The second kappa shape index (κ2) is 7.04. The van der Waals surface area contributed by atoms with Crippen LogP contribution in [-0.4, -0.2) is 39.7 Å². The summed E-state index contributed by atoms with van der Waals surface area (Å²) in [7, 11) is 1.70. The van der Waals surface area contributed by atoms with Gasteiger partial charge in [0.15, 0.2) is 5.69 Å². The highest BCUT2D eigenvalue weighted by Crippen LogP contribution is 2.23. The molecule has 0 saturated carbocycles. The first-order valence-corrected chi connectivity index (χ1v) is 8.23. The van der Waals surface area contributed by atoms with Gasteiger partial charge in [0.1, 0.15) is 5.82 Å². The molecule has 0 saturated heterocycles. The van der Waals surface area contributed by atoms with Gasteiger partial charge < -0.3 is 9.64 Å². The predicted octanol–water partition coefficient (Wildman–Crippen LogP) is 1.86. The molecular weight excluding hydrogens is 325 g/mol. The number of aryl methyl sites for hydroxylation is 1. The van der Waals surface area contributed by atoms with Crippen molar-refractivity contribution in [3.05, 3.63) is 52.6 Å². The van der Waals surface area contributed by atoms with Gasteiger partial charge in [-0.2, -0.15) is 5.10 Å². The fourth-order valence-electron chi connectivity index (χ4n) is 3.06. The number of carbonyl (C=O) groups excluding carboxylic acids is 2. The maximum Gasteiger partial charge on any atom is 0.356 e. The molecule has 7 heteroatoms. The fourth-order valence-corrected chi connectivity index (χ4v) is 3.06. The van der Waals surface area contributed by atoms with E-state index in [1.54, 1.807) is 31.0 Å². The number of carbonyl (C=O) groups is 2. The van der Waals surface area contributed by atoms with Crippen molar-refractivity contribution >= 4 is 11.9 Å². The number of hydrogen-bond acceptors (Lipinski definition) is 4. The predicted molar refractivity (Wildman–Crippen MR) is 88.4 cm³/mol. The van der Waals surface area contributed by atoms with E-state index >= 15 is 0 Å². The van der Waals surface area contributed by atoms with Gasteiger partial charge >= 0.3 is 5.97 Å². The van der Waals surface area contributed by atoms with E-state index in [4.69, 9.17) is 4.74 Å². The number of esters is 1. The van der Waals surface area contributed by atoms with E-state index in [1.165, 1.54) is 16.8 Å². The number of rotatable bonds is 4. The number of halogens is 1. The molecule has 0 spiro atoms.